The molecule has 7 nitrogen and oxygen atoms in total. The number of nitrogens with one attached hydrogen (secondary N) is 2. The first-order chi connectivity index (χ1) is 11.4. The number of rotatable bonds is 9. The zero-order chi connectivity index (χ0) is 18.1. The van der Waals surface area contributed by atoms with Crippen LogP contribution in [0.4, 0.5) is 0 Å². The summed E-state index contributed by atoms with van der Waals surface area (Å²) in [6.45, 7) is 0. The molecule has 0 aliphatic carbocycles. The number of carbonyl (C=O) groups is 3. The van der Waals surface area contributed by atoms with Gasteiger partial charge in [0, 0.05) is 17.9 Å². The number of carboxylic acid groups (broad SMARTS) is 1. The molecular formula is C15H21N3O4S2. The van der Waals surface area contributed by atoms with Gasteiger partial charge in [0.15, 0.2) is 0 Å². The number of aliphatic carboxylic acids is 1. The van der Waals surface area contributed by atoms with E-state index >= 15 is 0 Å². The first-order valence-electron chi connectivity index (χ1n) is 7.23. The maximum absolute atomic E-state index is 12.4. The van der Waals surface area contributed by atoms with Crippen LogP contribution in [0.3, 0.4) is 0 Å². The van der Waals surface area contributed by atoms with Crippen LogP contribution in [0.25, 0.3) is 0 Å². The van der Waals surface area contributed by atoms with Gasteiger partial charge in [-0.2, -0.15) is 25.3 Å². The number of carbonyl (C=O) groups excluding carboxylic acids is 2. The monoisotopic (exact) mass is 371 g/mol. The Hall–Kier alpha value is -1.71. The lowest BCUT2D eigenvalue weighted by Gasteiger charge is -2.22. The van der Waals surface area contributed by atoms with Crippen LogP contribution >= 0.6 is 25.3 Å². The maximum Gasteiger partial charge on any atom is 0.327 e. The number of thiol groups is 2. The highest BCUT2D eigenvalue weighted by molar-refractivity contribution is 7.80. The highest BCUT2D eigenvalue weighted by atomic mass is 32.1. The van der Waals surface area contributed by atoms with Crippen molar-refractivity contribution in [1.82, 2.24) is 10.6 Å². The molecule has 0 aliphatic rings. The van der Waals surface area contributed by atoms with E-state index in [-0.39, 0.29) is 17.9 Å². The molecule has 0 spiro atoms. The fourth-order valence-electron chi connectivity index (χ4n) is 1.88. The molecule has 3 atom stereocenters. The van der Waals surface area contributed by atoms with E-state index in [1.54, 1.807) is 24.3 Å². The minimum atomic E-state index is -1.20. The second-order valence-corrected chi connectivity index (χ2v) is 5.85. The van der Waals surface area contributed by atoms with Crippen LogP contribution in [0, 0.1) is 0 Å². The predicted molar refractivity (Wildman–Crippen MR) is 97.3 cm³/mol. The zero-order valence-corrected chi connectivity index (χ0v) is 14.7. The van der Waals surface area contributed by atoms with Crippen molar-refractivity contribution >= 4 is 43.0 Å². The molecular weight excluding hydrogens is 350 g/mol. The largest absolute Gasteiger partial charge is 0.480 e. The molecule has 5 N–H and O–H groups in total. The molecule has 2 amide bonds. The molecule has 24 heavy (non-hydrogen) atoms. The summed E-state index contributed by atoms with van der Waals surface area (Å²) < 4.78 is 0. The molecule has 0 aliphatic heterocycles. The summed E-state index contributed by atoms with van der Waals surface area (Å²) in [5.41, 5.74) is 6.42. The van der Waals surface area contributed by atoms with Gasteiger partial charge in [-0.1, -0.05) is 30.3 Å². The maximum atomic E-state index is 12.4. The summed E-state index contributed by atoms with van der Waals surface area (Å²) >= 11 is 7.85. The Bertz CT molecular complexity index is 571. The van der Waals surface area contributed by atoms with Crippen molar-refractivity contribution in [3.8, 4) is 0 Å². The fraction of sp³-hybridized carbons (Fsp3) is 0.400. The Labute approximate surface area is 151 Å². The van der Waals surface area contributed by atoms with Crippen molar-refractivity contribution < 1.29 is 19.5 Å². The molecule has 1 rings (SSSR count). The molecule has 0 unspecified atom stereocenters. The molecule has 0 aromatic heterocycles. The van der Waals surface area contributed by atoms with Gasteiger partial charge < -0.3 is 21.5 Å². The van der Waals surface area contributed by atoms with E-state index < -0.39 is 35.9 Å². The van der Waals surface area contributed by atoms with Gasteiger partial charge in [-0.15, -0.1) is 0 Å². The normalized spacial score (nSPS) is 14.3. The molecule has 132 valence electrons. The van der Waals surface area contributed by atoms with Gasteiger partial charge in [-0.3, -0.25) is 9.59 Å². The molecule has 0 saturated heterocycles. The van der Waals surface area contributed by atoms with Gasteiger partial charge in [0.05, 0.1) is 6.04 Å². The molecule has 0 radical (unpaired) electrons. The van der Waals surface area contributed by atoms with E-state index in [2.05, 4.69) is 35.9 Å². The second-order valence-electron chi connectivity index (χ2n) is 5.12. The van der Waals surface area contributed by atoms with Crippen LogP contribution in [0.5, 0.6) is 0 Å². The van der Waals surface area contributed by atoms with Crippen LogP contribution in [0.1, 0.15) is 5.56 Å². The first-order valence-corrected chi connectivity index (χ1v) is 8.50. The van der Waals surface area contributed by atoms with Crippen LogP contribution in [0.2, 0.25) is 0 Å². The molecule has 0 fully saturated rings. The zero-order valence-electron chi connectivity index (χ0n) is 12.9. The van der Waals surface area contributed by atoms with E-state index in [4.69, 9.17) is 10.8 Å². The van der Waals surface area contributed by atoms with E-state index in [0.717, 1.165) is 5.56 Å². The van der Waals surface area contributed by atoms with Gasteiger partial charge >= 0.3 is 5.97 Å². The lowest BCUT2D eigenvalue weighted by Crippen LogP contribution is -2.55. The first kappa shape index (κ1) is 20.3. The Kier molecular flexibility index (Phi) is 8.66. The van der Waals surface area contributed by atoms with E-state index in [0.29, 0.717) is 0 Å². The van der Waals surface area contributed by atoms with E-state index in [9.17, 15) is 14.4 Å². The van der Waals surface area contributed by atoms with E-state index in [1.165, 1.54) is 0 Å². The summed E-state index contributed by atoms with van der Waals surface area (Å²) in [6.07, 6.45) is 0.205. The van der Waals surface area contributed by atoms with Crippen LogP contribution in [-0.2, 0) is 20.8 Å². The summed E-state index contributed by atoms with van der Waals surface area (Å²) in [4.78, 5) is 35.4. The fourth-order valence-corrected chi connectivity index (χ4v) is 2.29. The van der Waals surface area contributed by atoms with Crippen molar-refractivity contribution in [2.24, 2.45) is 5.73 Å². The quantitative estimate of drug-likeness (QED) is 0.326. The van der Waals surface area contributed by atoms with Crippen LogP contribution < -0.4 is 16.4 Å². The molecule has 0 heterocycles. The van der Waals surface area contributed by atoms with Crippen molar-refractivity contribution in [3.05, 3.63) is 35.9 Å². The molecule has 9 heteroatoms. The predicted octanol–water partition coefficient (Wildman–Crippen LogP) is -0.530. The molecule has 0 bridgehead atoms. The SMILES string of the molecule is N[C@@H](CS)C(=O)N[C@@H](Cc1ccccc1)C(=O)N[C@@H](CS)C(=O)O. The summed E-state index contributed by atoms with van der Waals surface area (Å²) in [5.74, 6) is -2.28. The Morgan fingerprint density at radius 1 is 1.00 bits per heavy atom. The molecule has 1 aromatic carbocycles. The van der Waals surface area contributed by atoms with E-state index in [1.807, 2.05) is 6.07 Å². The third-order valence-electron chi connectivity index (χ3n) is 3.25. The summed E-state index contributed by atoms with van der Waals surface area (Å²) in [5, 5.41) is 13.9. The molecule has 0 saturated carbocycles. The Morgan fingerprint density at radius 3 is 2.08 bits per heavy atom. The number of carboxylic acids is 1. The van der Waals surface area contributed by atoms with Gasteiger partial charge in [-0.25, -0.2) is 4.79 Å². The standard InChI is InChI=1S/C15H21N3O4S2/c16-10(7-23)13(19)17-11(6-9-4-2-1-3-5-9)14(20)18-12(8-24)15(21)22/h1-5,10-12,23-24H,6-8,16H2,(H,17,19)(H,18,20)(H,21,22)/t10-,11-,12-/m0/s1. The Balaban J connectivity index is 2.88. The molecule has 1 aromatic rings. The highest BCUT2D eigenvalue weighted by Crippen LogP contribution is 2.05. The number of benzene rings is 1. The number of nitrogens with two attached hydrogens (primary N) is 1. The third-order valence-corrected chi connectivity index (χ3v) is 4.00. The lowest BCUT2D eigenvalue weighted by atomic mass is 10.0. The summed E-state index contributed by atoms with van der Waals surface area (Å²) in [6, 6.07) is 6.09. The summed E-state index contributed by atoms with van der Waals surface area (Å²) in [7, 11) is 0. The average molecular weight is 371 g/mol. The van der Waals surface area contributed by atoms with Gasteiger partial charge in [0.25, 0.3) is 0 Å². The van der Waals surface area contributed by atoms with Crippen molar-refractivity contribution in [3.63, 3.8) is 0 Å². The lowest BCUT2D eigenvalue weighted by molar-refractivity contribution is -0.141. The van der Waals surface area contributed by atoms with Crippen LogP contribution in [0.15, 0.2) is 30.3 Å². The van der Waals surface area contributed by atoms with Crippen LogP contribution in [-0.4, -0.2) is 52.5 Å². The third kappa shape index (κ3) is 6.42. The minimum Gasteiger partial charge on any atom is -0.480 e. The van der Waals surface area contributed by atoms with Gasteiger partial charge in [-0.05, 0) is 5.56 Å². The Morgan fingerprint density at radius 2 is 1.58 bits per heavy atom. The smallest absolute Gasteiger partial charge is 0.327 e. The van der Waals surface area contributed by atoms with Crippen molar-refractivity contribution in [2.45, 2.75) is 24.5 Å². The number of amides is 2. The van der Waals surface area contributed by atoms with Crippen molar-refractivity contribution in [1.29, 1.82) is 0 Å². The second kappa shape index (κ2) is 10.2. The topological polar surface area (TPSA) is 122 Å². The van der Waals surface area contributed by atoms with Gasteiger partial charge in [0.2, 0.25) is 11.8 Å². The minimum absolute atomic E-state index is 0.0662. The number of hydrogen-bond acceptors (Lipinski definition) is 6. The average Bonchev–Trinajstić information content (AvgIpc) is 2.58. The number of hydrogen-bond donors (Lipinski definition) is 6. The highest BCUT2D eigenvalue weighted by Gasteiger charge is 2.27. The van der Waals surface area contributed by atoms with Crippen molar-refractivity contribution in [2.75, 3.05) is 11.5 Å². The van der Waals surface area contributed by atoms with Gasteiger partial charge in [0.1, 0.15) is 12.1 Å².